The molecular weight excluding hydrogens is 348 g/mol. The highest BCUT2D eigenvalue weighted by molar-refractivity contribution is 6.30. The minimum atomic E-state index is -0.676. The average Bonchev–Trinajstić information content (AvgIpc) is 2.88. The largest absolute Gasteiger partial charge is 0.333 e. The van der Waals surface area contributed by atoms with E-state index in [2.05, 4.69) is 15.1 Å². The van der Waals surface area contributed by atoms with Gasteiger partial charge in [-0.25, -0.2) is 4.98 Å². The Morgan fingerprint density at radius 1 is 1.27 bits per heavy atom. The van der Waals surface area contributed by atoms with Crippen LogP contribution in [0.15, 0.2) is 47.9 Å². The second-order valence-electron chi connectivity index (χ2n) is 6.41. The fourth-order valence-corrected chi connectivity index (χ4v) is 3.57. The van der Waals surface area contributed by atoms with Crippen LogP contribution < -0.4 is 0 Å². The normalized spacial score (nSPS) is 14.0. The lowest BCUT2D eigenvalue weighted by Crippen LogP contribution is -2.07. The number of halogens is 1. The maximum atomic E-state index is 11.9. The number of benzene rings is 1. The van der Waals surface area contributed by atoms with Crippen LogP contribution in [0.4, 0.5) is 0 Å². The lowest BCUT2D eigenvalue weighted by Gasteiger charge is -2.17. The molecule has 5 nitrogen and oxygen atoms in total. The summed E-state index contributed by atoms with van der Waals surface area (Å²) >= 11 is 6.27. The number of nitrogens with zero attached hydrogens (tertiary/aromatic N) is 4. The van der Waals surface area contributed by atoms with E-state index >= 15 is 0 Å². The van der Waals surface area contributed by atoms with Gasteiger partial charge in [-0.2, -0.15) is 0 Å². The Hall–Kier alpha value is -2.79. The van der Waals surface area contributed by atoms with Gasteiger partial charge in [0, 0.05) is 24.7 Å². The Morgan fingerprint density at radius 3 is 2.85 bits per heavy atom. The highest BCUT2D eigenvalue weighted by atomic mass is 35.5. The summed E-state index contributed by atoms with van der Waals surface area (Å²) in [5, 5.41) is 4.08. The molecule has 0 bridgehead atoms. The summed E-state index contributed by atoms with van der Waals surface area (Å²) in [6.07, 6.45) is 6.17. The highest BCUT2D eigenvalue weighted by Gasteiger charge is 2.27. The second kappa shape index (κ2) is 6.50. The first-order chi connectivity index (χ1) is 12.6. The van der Waals surface area contributed by atoms with Gasteiger partial charge in [0.15, 0.2) is 6.04 Å². The van der Waals surface area contributed by atoms with Gasteiger partial charge in [-0.15, -0.1) is 4.91 Å². The molecule has 1 unspecified atom stereocenters. The molecule has 1 atom stereocenters. The monoisotopic (exact) mass is 364 g/mol. The molecular formula is C20H17ClN4O. The van der Waals surface area contributed by atoms with Gasteiger partial charge >= 0.3 is 0 Å². The third-order valence-electron chi connectivity index (χ3n) is 4.91. The summed E-state index contributed by atoms with van der Waals surface area (Å²) in [6, 6.07) is 8.98. The van der Waals surface area contributed by atoms with Crippen LogP contribution in [0.2, 0.25) is 5.02 Å². The van der Waals surface area contributed by atoms with Gasteiger partial charge in [-0.05, 0) is 53.5 Å². The molecule has 1 aliphatic rings. The Kier molecular flexibility index (Phi) is 4.17. The first-order valence-corrected chi connectivity index (χ1v) is 8.71. The number of pyridine rings is 1. The van der Waals surface area contributed by atoms with Gasteiger partial charge in [-0.1, -0.05) is 28.9 Å². The molecule has 130 valence electrons. The van der Waals surface area contributed by atoms with Crippen molar-refractivity contribution in [1.29, 1.82) is 0 Å². The molecule has 1 aromatic carbocycles. The van der Waals surface area contributed by atoms with Crippen LogP contribution in [0, 0.1) is 11.8 Å². The molecule has 0 saturated carbocycles. The molecule has 4 rings (SSSR count). The van der Waals surface area contributed by atoms with E-state index < -0.39 is 6.04 Å². The first kappa shape index (κ1) is 16.7. The van der Waals surface area contributed by atoms with Crippen molar-refractivity contribution in [1.82, 2.24) is 14.5 Å². The number of hydrogen-bond acceptors (Lipinski definition) is 4. The molecule has 6 heteroatoms. The zero-order valence-electron chi connectivity index (χ0n) is 14.5. The van der Waals surface area contributed by atoms with Crippen LogP contribution in [0.1, 0.15) is 39.9 Å². The number of nitroso groups, excluding NO2 is 1. The lowest BCUT2D eigenvalue weighted by atomic mass is 9.92. The maximum Gasteiger partial charge on any atom is 0.159 e. The van der Waals surface area contributed by atoms with Gasteiger partial charge in [0.1, 0.15) is 5.82 Å². The van der Waals surface area contributed by atoms with Gasteiger partial charge in [0.05, 0.1) is 17.6 Å². The third kappa shape index (κ3) is 2.74. The van der Waals surface area contributed by atoms with E-state index in [0.717, 1.165) is 39.5 Å². The van der Waals surface area contributed by atoms with E-state index in [1.165, 1.54) is 0 Å². The van der Waals surface area contributed by atoms with Crippen LogP contribution in [0.5, 0.6) is 0 Å². The van der Waals surface area contributed by atoms with Crippen LogP contribution in [-0.2, 0) is 13.5 Å². The van der Waals surface area contributed by atoms with Crippen molar-refractivity contribution in [2.24, 2.45) is 12.2 Å². The molecule has 26 heavy (non-hydrogen) atoms. The molecule has 0 aliphatic heterocycles. The Bertz CT molecular complexity index is 1040. The molecule has 0 saturated heterocycles. The highest BCUT2D eigenvalue weighted by Crippen LogP contribution is 2.40. The van der Waals surface area contributed by atoms with Crippen LogP contribution in [-0.4, -0.2) is 14.5 Å². The molecule has 1 aliphatic carbocycles. The van der Waals surface area contributed by atoms with E-state index in [-0.39, 0.29) is 0 Å². The molecule has 0 spiro atoms. The fourth-order valence-electron chi connectivity index (χ4n) is 3.40. The van der Waals surface area contributed by atoms with Crippen LogP contribution >= 0.6 is 11.6 Å². The van der Waals surface area contributed by atoms with Crippen molar-refractivity contribution >= 4 is 23.3 Å². The molecule has 0 fully saturated rings. The summed E-state index contributed by atoms with van der Waals surface area (Å²) in [5.41, 5.74) is 5.53. The van der Waals surface area contributed by atoms with Crippen molar-refractivity contribution in [3.05, 3.63) is 86.6 Å². The van der Waals surface area contributed by atoms with Gasteiger partial charge in [0.2, 0.25) is 0 Å². The van der Waals surface area contributed by atoms with E-state index in [1.54, 1.807) is 12.4 Å². The fraction of sp³-hybridized carbons (Fsp3) is 0.200. The quantitative estimate of drug-likeness (QED) is 0.631. The van der Waals surface area contributed by atoms with Crippen molar-refractivity contribution < 1.29 is 0 Å². The van der Waals surface area contributed by atoms with Crippen LogP contribution in [0.3, 0.4) is 0 Å². The molecule has 0 N–H and O–H groups in total. The summed E-state index contributed by atoms with van der Waals surface area (Å²) < 4.78 is 1.90. The predicted octanol–water partition coefficient (Wildman–Crippen LogP) is 4.73. The van der Waals surface area contributed by atoms with E-state index in [0.29, 0.717) is 11.4 Å². The van der Waals surface area contributed by atoms with E-state index in [4.69, 9.17) is 11.6 Å². The number of imidazole rings is 1. The van der Waals surface area contributed by atoms with Gasteiger partial charge in [-0.3, -0.25) is 4.98 Å². The second-order valence-corrected chi connectivity index (χ2v) is 6.85. The molecule has 3 aromatic rings. The number of aryl methyl sites for hydroxylation is 1. The van der Waals surface area contributed by atoms with Crippen LogP contribution in [0.25, 0.3) is 11.6 Å². The topological polar surface area (TPSA) is 60.1 Å². The van der Waals surface area contributed by atoms with E-state index in [9.17, 15) is 4.91 Å². The Balaban J connectivity index is 1.98. The van der Waals surface area contributed by atoms with Crippen molar-refractivity contribution in [3.8, 4) is 0 Å². The zero-order valence-corrected chi connectivity index (χ0v) is 15.2. The number of hydrogen-bond donors (Lipinski definition) is 0. The predicted molar refractivity (Wildman–Crippen MR) is 103 cm³/mol. The minimum absolute atomic E-state index is 0.624. The third-order valence-corrected chi connectivity index (χ3v) is 5.15. The number of aromatic nitrogens is 3. The SMILES string of the molecule is Cc1ncc(C(N=O)C2=Cc3cccnc3Cc3ccc(Cl)cc32)n1C. The summed E-state index contributed by atoms with van der Waals surface area (Å²) in [7, 11) is 1.89. The van der Waals surface area contributed by atoms with Crippen molar-refractivity contribution in [2.75, 3.05) is 0 Å². The average molecular weight is 365 g/mol. The standard InChI is InChI=1S/C20H17ClN4O/c1-12-23-11-19(25(12)2)20(24-26)17-8-14-4-3-7-22-18(14)9-13-5-6-15(21)10-16(13)17/h3-8,10-11,20H,9H2,1-2H3. The Morgan fingerprint density at radius 2 is 2.12 bits per heavy atom. The summed E-state index contributed by atoms with van der Waals surface area (Å²) in [5.74, 6) is 0.830. The number of rotatable bonds is 3. The molecule has 0 radical (unpaired) electrons. The smallest absolute Gasteiger partial charge is 0.159 e. The minimum Gasteiger partial charge on any atom is -0.333 e. The molecule has 2 heterocycles. The lowest BCUT2D eigenvalue weighted by molar-refractivity contribution is 0.750. The number of fused-ring (bicyclic) bond motifs is 2. The Labute approximate surface area is 156 Å². The summed E-state index contributed by atoms with van der Waals surface area (Å²) in [4.78, 5) is 20.7. The van der Waals surface area contributed by atoms with Gasteiger partial charge < -0.3 is 4.57 Å². The van der Waals surface area contributed by atoms with Gasteiger partial charge in [0.25, 0.3) is 0 Å². The first-order valence-electron chi connectivity index (χ1n) is 8.33. The maximum absolute atomic E-state index is 11.9. The molecule has 2 aromatic heterocycles. The van der Waals surface area contributed by atoms with Crippen molar-refractivity contribution in [2.45, 2.75) is 19.4 Å². The van der Waals surface area contributed by atoms with Crippen molar-refractivity contribution in [3.63, 3.8) is 0 Å². The van der Waals surface area contributed by atoms with E-state index in [1.807, 2.05) is 54.9 Å². The summed E-state index contributed by atoms with van der Waals surface area (Å²) in [6.45, 7) is 1.90. The molecule has 0 amide bonds. The zero-order chi connectivity index (χ0) is 18.3.